The Morgan fingerprint density at radius 3 is 2.60 bits per heavy atom. The van der Waals surface area contributed by atoms with Gasteiger partial charge >= 0.3 is 0 Å². The first-order valence-corrected chi connectivity index (χ1v) is 4.79. The molecule has 1 aromatic carbocycles. The number of carbonyl (C=O) groups excluding carboxylic acids is 1. The molecule has 0 atom stereocenters. The second-order valence-corrected chi connectivity index (χ2v) is 3.21. The fourth-order valence-corrected chi connectivity index (χ4v) is 1.29. The van der Waals surface area contributed by atoms with Crippen molar-refractivity contribution >= 4 is 5.91 Å². The van der Waals surface area contributed by atoms with Crippen LogP contribution in [0.1, 0.15) is 18.4 Å². The van der Waals surface area contributed by atoms with Gasteiger partial charge in [-0.3, -0.25) is 4.79 Å². The number of benzene rings is 1. The van der Waals surface area contributed by atoms with E-state index in [1.165, 1.54) is 0 Å². The first-order chi connectivity index (χ1) is 7.26. The van der Waals surface area contributed by atoms with Gasteiger partial charge in [0.15, 0.2) is 0 Å². The van der Waals surface area contributed by atoms with Gasteiger partial charge in [-0.25, -0.2) is 5.53 Å². The Labute approximate surface area is 88.8 Å². The zero-order chi connectivity index (χ0) is 11.1. The molecule has 0 aromatic heterocycles. The van der Waals surface area contributed by atoms with Crippen LogP contribution in [0.4, 0.5) is 0 Å². The van der Waals surface area contributed by atoms with Gasteiger partial charge in [0.1, 0.15) is 5.75 Å². The number of amides is 1. The van der Waals surface area contributed by atoms with Crippen LogP contribution >= 0.6 is 0 Å². The number of ether oxygens (including phenoxy) is 1. The maximum Gasteiger partial charge on any atom is 0.264 e. The molecule has 1 rings (SSSR count). The summed E-state index contributed by atoms with van der Waals surface area (Å²) in [5, 5.41) is 2.84. The smallest absolute Gasteiger partial charge is 0.264 e. The number of carbonyl (C=O) groups is 1. The highest BCUT2D eigenvalue weighted by molar-refractivity contribution is 5.75. The zero-order valence-corrected chi connectivity index (χ0v) is 8.69. The standard InChI is InChI=1S/C11H14N2O2/c1-15-10-7-5-9(6-8-10)3-2-4-11(14)13-12/h5-8,12H,2-4H2,1H3. The summed E-state index contributed by atoms with van der Waals surface area (Å²) in [6.45, 7) is 0. The summed E-state index contributed by atoms with van der Waals surface area (Å²) < 4.78 is 5.04. The van der Waals surface area contributed by atoms with Gasteiger partial charge in [0, 0.05) is 6.42 Å². The van der Waals surface area contributed by atoms with E-state index < -0.39 is 0 Å². The number of hydrogen-bond acceptors (Lipinski definition) is 3. The molecule has 0 fully saturated rings. The molecular weight excluding hydrogens is 192 g/mol. The molecule has 0 bridgehead atoms. The van der Waals surface area contributed by atoms with Crippen molar-refractivity contribution in [3.05, 3.63) is 29.8 Å². The molecule has 0 aliphatic rings. The van der Waals surface area contributed by atoms with Gasteiger partial charge in [0.2, 0.25) is 0 Å². The van der Waals surface area contributed by atoms with Crippen LogP contribution in [-0.2, 0) is 11.2 Å². The molecule has 0 unspecified atom stereocenters. The Morgan fingerprint density at radius 1 is 1.40 bits per heavy atom. The molecule has 0 aliphatic heterocycles. The third kappa shape index (κ3) is 3.89. The quantitative estimate of drug-likeness (QED) is 0.752. The third-order valence-corrected chi connectivity index (χ3v) is 2.14. The Kier molecular flexibility index (Phi) is 4.47. The van der Waals surface area contributed by atoms with Gasteiger partial charge in [-0.15, -0.1) is 5.11 Å². The Balaban J connectivity index is 2.37. The van der Waals surface area contributed by atoms with E-state index in [0.29, 0.717) is 6.42 Å². The second-order valence-electron chi connectivity index (χ2n) is 3.21. The Hall–Kier alpha value is -1.71. The summed E-state index contributed by atoms with van der Waals surface area (Å²) in [5.74, 6) is 0.472. The first-order valence-electron chi connectivity index (χ1n) is 4.79. The molecular formula is C11H14N2O2. The van der Waals surface area contributed by atoms with Gasteiger partial charge in [0.05, 0.1) is 7.11 Å². The van der Waals surface area contributed by atoms with Gasteiger partial charge in [-0.1, -0.05) is 12.1 Å². The van der Waals surface area contributed by atoms with Crippen molar-refractivity contribution in [2.45, 2.75) is 19.3 Å². The minimum Gasteiger partial charge on any atom is -0.497 e. The van der Waals surface area contributed by atoms with Crippen LogP contribution in [0.2, 0.25) is 0 Å². The molecule has 4 nitrogen and oxygen atoms in total. The van der Waals surface area contributed by atoms with Crippen LogP contribution in [0, 0.1) is 5.53 Å². The molecule has 0 saturated carbocycles. The molecule has 1 amide bonds. The van der Waals surface area contributed by atoms with E-state index in [1.54, 1.807) is 7.11 Å². The zero-order valence-electron chi connectivity index (χ0n) is 8.69. The number of methoxy groups -OCH3 is 1. The minimum atomic E-state index is -0.358. The van der Waals surface area contributed by atoms with Crippen molar-refractivity contribution in [1.82, 2.24) is 0 Å². The van der Waals surface area contributed by atoms with Gasteiger partial charge in [-0.2, -0.15) is 0 Å². The van der Waals surface area contributed by atoms with E-state index in [-0.39, 0.29) is 5.91 Å². The lowest BCUT2D eigenvalue weighted by atomic mass is 10.1. The van der Waals surface area contributed by atoms with E-state index in [9.17, 15) is 4.79 Å². The third-order valence-electron chi connectivity index (χ3n) is 2.14. The van der Waals surface area contributed by atoms with Crippen molar-refractivity contribution in [3.8, 4) is 5.75 Å². The van der Waals surface area contributed by atoms with E-state index >= 15 is 0 Å². The fourth-order valence-electron chi connectivity index (χ4n) is 1.29. The summed E-state index contributed by atoms with van der Waals surface area (Å²) >= 11 is 0. The molecule has 4 heteroatoms. The number of nitrogens with one attached hydrogen (secondary N) is 1. The summed E-state index contributed by atoms with van der Waals surface area (Å²) in [5.41, 5.74) is 7.66. The molecule has 0 radical (unpaired) electrons. The highest BCUT2D eigenvalue weighted by atomic mass is 16.5. The van der Waals surface area contributed by atoms with E-state index in [0.717, 1.165) is 24.2 Å². The fraction of sp³-hybridized carbons (Fsp3) is 0.364. The largest absolute Gasteiger partial charge is 0.497 e. The predicted octanol–water partition coefficient (Wildman–Crippen LogP) is 2.58. The Morgan fingerprint density at radius 2 is 2.07 bits per heavy atom. The number of aryl methyl sites for hydroxylation is 1. The normalized spacial score (nSPS) is 9.67. The maximum absolute atomic E-state index is 10.7. The van der Waals surface area contributed by atoms with Crippen LogP contribution in [0.25, 0.3) is 0 Å². The SMILES string of the molecule is COc1ccc(CCCC(=O)N=N)cc1. The second kappa shape index (κ2) is 5.90. The molecule has 0 heterocycles. The summed E-state index contributed by atoms with van der Waals surface area (Å²) in [6, 6.07) is 7.74. The molecule has 15 heavy (non-hydrogen) atoms. The van der Waals surface area contributed by atoms with Crippen LogP contribution in [-0.4, -0.2) is 13.0 Å². The van der Waals surface area contributed by atoms with Crippen molar-refractivity contribution in [1.29, 1.82) is 5.53 Å². The van der Waals surface area contributed by atoms with Crippen molar-refractivity contribution in [2.24, 2.45) is 5.11 Å². The first kappa shape index (κ1) is 11.4. The van der Waals surface area contributed by atoms with Gasteiger partial charge < -0.3 is 4.74 Å². The van der Waals surface area contributed by atoms with Gasteiger partial charge in [0.25, 0.3) is 5.91 Å². The summed E-state index contributed by atoms with van der Waals surface area (Å²) in [6.07, 6.45) is 1.90. The average Bonchev–Trinajstić information content (AvgIpc) is 2.29. The molecule has 0 spiro atoms. The van der Waals surface area contributed by atoms with Crippen LogP contribution in [0.3, 0.4) is 0 Å². The lowest BCUT2D eigenvalue weighted by molar-refractivity contribution is -0.118. The van der Waals surface area contributed by atoms with Gasteiger partial charge in [-0.05, 0) is 30.5 Å². The summed E-state index contributed by atoms with van der Waals surface area (Å²) in [4.78, 5) is 10.7. The van der Waals surface area contributed by atoms with Crippen molar-refractivity contribution in [2.75, 3.05) is 7.11 Å². The van der Waals surface area contributed by atoms with Crippen molar-refractivity contribution in [3.63, 3.8) is 0 Å². The molecule has 1 aromatic rings. The van der Waals surface area contributed by atoms with E-state index in [4.69, 9.17) is 10.3 Å². The van der Waals surface area contributed by atoms with Crippen LogP contribution in [0.5, 0.6) is 5.75 Å². The molecule has 0 aliphatic carbocycles. The maximum atomic E-state index is 10.7. The number of hydrogen-bond donors (Lipinski definition) is 1. The average molecular weight is 206 g/mol. The monoisotopic (exact) mass is 206 g/mol. The van der Waals surface area contributed by atoms with E-state index in [1.807, 2.05) is 24.3 Å². The Bertz CT molecular complexity index is 333. The highest BCUT2D eigenvalue weighted by Crippen LogP contribution is 2.13. The van der Waals surface area contributed by atoms with Crippen LogP contribution < -0.4 is 4.74 Å². The van der Waals surface area contributed by atoms with Crippen molar-refractivity contribution < 1.29 is 9.53 Å². The van der Waals surface area contributed by atoms with Crippen LogP contribution in [0.15, 0.2) is 29.4 Å². The number of rotatable bonds is 5. The lowest BCUT2D eigenvalue weighted by Gasteiger charge is -2.02. The number of nitrogens with zero attached hydrogens (tertiary/aromatic N) is 1. The summed E-state index contributed by atoms with van der Waals surface area (Å²) in [7, 11) is 1.63. The van der Waals surface area contributed by atoms with E-state index in [2.05, 4.69) is 5.11 Å². The lowest BCUT2D eigenvalue weighted by Crippen LogP contribution is -1.93. The molecule has 80 valence electrons. The predicted molar refractivity (Wildman–Crippen MR) is 56.1 cm³/mol. The minimum absolute atomic E-state index is 0.343. The molecule has 0 saturated heterocycles. The highest BCUT2D eigenvalue weighted by Gasteiger charge is 1.99. The molecule has 1 N–H and O–H groups in total. The topological polar surface area (TPSA) is 62.5 Å².